The number of sulfonamides is 1. The average molecular weight is 433 g/mol. The van der Waals surface area contributed by atoms with Crippen molar-refractivity contribution < 1.29 is 22.7 Å². The van der Waals surface area contributed by atoms with Gasteiger partial charge in [-0.3, -0.25) is 4.79 Å². The Kier molecular flexibility index (Phi) is 6.99. The second-order valence-corrected chi connectivity index (χ2v) is 9.14. The number of hydrogen-bond donors (Lipinski definition) is 1. The third-order valence-electron chi connectivity index (χ3n) is 5.38. The number of nitrogens with zero attached hydrogens (tertiary/aromatic N) is 1. The van der Waals surface area contributed by atoms with Crippen LogP contribution in [0.25, 0.3) is 0 Å². The highest BCUT2D eigenvalue weighted by Crippen LogP contribution is 2.28. The van der Waals surface area contributed by atoms with Crippen LogP contribution in [0.3, 0.4) is 0 Å². The minimum Gasteiger partial charge on any atom is -0.497 e. The lowest BCUT2D eigenvalue weighted by Crippen LogP contribution is -2.43. The Labute approximate surface area is 178 Å². The molecule has 0 saturated carbocycles. The van der Waals surface area contributed by atoms with Crippen LogP contribution in [0.4, 0.5) is 5.69 Å². The molecule has 30 heavy (non-hydrogen) atoms. The van der Waals surface area contributed by atoms with Crippen molar-refractivity contribution in [3.63, 3.8) is 0 Å². The molecule has 0 aromatic heterocycles. The largest absolute Gasteiger partial charge is 0.497 e. The maximum atomic E-state index is 13.1. The fourth-order valence-electron chi connectivity index (χ4n) is 3.69. The van der Waals surface area contributed by atoms with Gasteiger partial charge in [0.1, 0.15) is 11.5 Å². The molecule has 0 bridgehead atoms. The summed E-state index contributed by atoms with van der Waals surface area (Å²) in [5, 5.41) is 2.78. The second-order valence-electron chi connectivity index (χ2n) is 7.25. The Balaban J connectivity index is 1.77. The smallest absolute Gasteiger partial charge is 0.255 e. The summed E-state index contributed by atoms with van der Waals surface area (Å²) in [6, 6.07) is 11.2. The van der Waals surface area contributed by atoms with Crippen molar-refractivity contribution in [1.29, 1.82) is 0 Å². The predicted octanol–water partition coefficient (Wildman–Crippen LogP) is 3.91. The first-order valence-corrected chi connectivity index (χ1v) is 11.5. The summed E-state index contributed by atoms with van der Waals surface area (Å²) in [7, 11) is -0.521. The molecular formula is C22H28N2O5S. The van der Waals surface area contributed by atoms with Crippen LogP contribution in [0.1, 0.15) is 43.0 Å². The van der Waals surface area contributed by atoms with E-state index < -0.39 is 10.0 Å². The average Bonchev–Trinajstić information content (AvgIpc) is 2.78. The van der Waals surface area contributed by atoms with Crippen molar-refractivity contribution in [2.75, 3.05) is 26.1 Å². The number of hydrogen-bond acceptors (Lipinski definition) is 5. The summed E-state index contributed by atoms with van der Waals surface area (Å²) in [5.74, 6) is 0.672. The van der Waals surface area contributed by atoms with Gasteiger partial charge in [0.25, 0.3) is 5.91 Å². The maximum Gasteiger partial charge on any atom is 0.255 e. The van der Waals surface area contributed by atoms with Gasteiger partial charge in [0.05, 0.1) is 19.1 Å². The lowest BCUT2D eigenvalue weighted by atomic mass is 10.0. The van der Waals surface area contributed by atoms with Crippen molar-refractivity contribution in [3.05, 3.63) is 48.0 Å². The lowest BCUT2D eigenvalue weighted by molar-refractivity contribution is 0.102. The van der Waals surface area contributed by atoms with Crippen LogP contribution < -0.4 is 14.8 Å². The monoisotopic (exact) mass is 432 g/mol. The number of rotatable bonds is 7. The van der Waals surface area contributed by atoms with Gasteiger partial charge in [0.15, 0.2) is 0 Å². The van der Waals surface area contributed by atoms with E-state index in [2.05, 4.69) is 5.32 Å². The summed E-state index contributed by atoms with van der Waals surface area (Å²) >= 11 is 0. The molecular weight excluding hydrogens is 404 g/mol. The molecule has 0 aliphatic carbocycles. The number of ether oxygens (including phenoxy) is 2. The number of methoxy groups -OCH3 is 2. The molecule has 1 heterocycles. The number of nitrogens with one attached hydrogen (secondary N) is 1. The van der Waals surface area contributed by atoms with Gasteiger partial charge >= 0.3 is 0 Å². The van der Waals surface area contributed by atoms with Crippen LogP contribution in [-0.2, 0) is 10.0 Å². The quantitative estimate of drug-likeness (QED) is 0.717. The zero-order valence-electron chi connectivity index (χ0n) is 17.6. The zero-order valence-corrected chi connectivity index (χ0v) is 18.4. The minimum absolute atomic E-state index is 0.0474. The van der Waals surface area contributed by atoms with E-state index >= 15 is 0 Å². The van der Waals surface area contributed by atoms with Crippen LogP contribution in [-0.4, -0.2) is 45.4 Å². The fraction of sp³-hybridized carbons (Fsp3) is 0.409. The molecule has 1 aliphatic rings. The molecule has 1 atom stereocenters. The van der Waals surface area contributed by atoms with E-state index in [4.69, 9.17) is 9.47 Å². The number of amides is 1. The summed E-state index contributed by atoms with van der Waals surface area (Å²) in [4.78, 5) is 12.9. The molecule has 1 amide bonds. The summed E-state index contributed by atoms with van der Waals surface area (Å²) < 4.78 is 38.1. The first-order valence-electron chi connectivity index (χ1n) is 10.1. The van der Waals surface area contributed by atoms with E-state index in [1.165, 1.54) is 14.2 Å². The number of carbonyl (C=O) groups is 1. The van der Waals surface area contributed by atoms with Crippen molar-refractivity contribution in [3.8, 4) is 11.5 Å². The van der Waals surface area contributed by atoms with Crippen LogP contribution in [0, 0.1) is 0 Å². The van der Waals surface area contributed by atoms with E-state index in [9.17, 15) is 13.2 Å². The van der Waals surface area contributed by atoms with E-state index in [1.54, 1.807) is 46.8 Å². The van der Waals surface area contributed by atoms with Gasteiger partial charge in [0.2, 0.25) is 10.0 Å². The van der Waals surface area contributed by atoms with Gasteiger partial charge in [0, 0.05) is 29.9 Å². The first kappa shape index (κ1) is 22.1. The summed E-state index contributed by atoms with van der Waals surface area (Å²) in [5.41, 5.74) is 0.883. The zero-order chi connectivity index (χ0) is 21.7. The molecule has 7 nitrogen and oxygen atoms in total. The molecule has 8 heteroatoms. The highest BCUT2D eigenvalue weighted by molar-refractivity contribution is 7.89. The molecule has 1 fully saturated rings. The predicted molar refractivity (Wildman–Crippen MR) is 116 cm³/mol. The molecule has 1 aliphatic heterocycles. The Morgan fingerprint density at radius 1 is 1.07 bits per heavy atom. The molecule has 0 radical (unpaired) electrons. The Morgan fingerprint density at radius 2 is 1.70 bits per heavy atom. The molecule has 0 spiro atoms. The van der Waals surface area contributed by atoms with E-state index in [1.807, 2.05) is 6.92 Å². The van der Waals surface area contributed by atoms with Crippen molar-refractivity contribution in [2.24, 2.45) is 0 Å². The van der Waals surface area contributed by atoms with Gasteiger partial charge < -0.3 is 14.8 Å². The SMILES string of the molecule is CC[C@H]1CCCCN1S(=O)(=O)c1ccc(NC(=O)c2cc(OC)cc(OC)c2)cc1. The Bertz CT molecular complexity index is 967. The van der Waals surface area contributed by atoms with Crippen LogP contribution >= 0.6 is 0 Å². The normalized spacial score (nSPS) is 17.4. The number of benzene rings is 2. The molecule has 1 saturated heterocycles. The van der Waals surface area contributed by atoms with Gasteiger partial charge in [-0.15, -0.1) is 0 Å². The Morgan fingerprint density at radius 3 is 2.27 bits per heavy atom. The van der Waals surface area contributed by atoms with E-state index in [-0.39, 0.29) is 16.8 Å². The molecule has 1 N–H and O–H groups in total. The second kappa shape index (κ2) is 9.49. The number of piperidine rings is 1. The van der Waals surface area contributed by atoms with Gasteiger partial charge in [-0.25, -0.2) is 8.42 Å². The van der Waals surface area contributed by atoms with Gasteiger partial charge in [-0.1, -0.05) is 13.3 Å². The van der Waals surface area contributed by atoms with Crippen LogP contribution in [0.5, 0.6) is 11.5 Å². The molecule has 3 rings (SSSR count). The minimum atomic E-state index is -3.55. The third kappa shape index (κ3) is 4.76. The number of carbonyl (C=O) groups excluding carboxylic acids is 1. The topological polar surface area (TPSA) is 84.9 Å². The van der Waals surface area contributed by atoms with E-state index in [0.29, 0.717) is 29.3 Å². The number of anilines is 1. The van der Waals surface area contributed by atoms with Gasteiger partial charge in [-0.05, 0) is 55.7 Å². The van der Waals surface area contributed by atoms with Crippen molar-refractivity contribution in [2.45, 2.75) is 43.5 Å². The lowest BCUT2D eigenvalue weighted by Gasteiger charge is -2.34. The molecule has 162 valence electrons. The molecule has 2 aromatic carbocycles. The highest BCUT2D eigenvalue weighted by Gasteiger charge is 2.32. The Hall–Kier alpha value is -2.58. The molecule has 2 aromatic rings. The fourth-order valence-corrected chi connectivity index (χ4v) is 5.45. The highest BCUT2D eigenvalue weighted by atomic mass is 32.2. The summed E-state index contributed by atoms with van der Waals surface area (Å²) in [6.45, 7) is 2.57. The first-order chi connectivity index (χ1) is 14.4. The summed E-state index contributed by atoms with van der Waals surface area (Å²) in [6.07, 6.45) is 3.64. The van der Waals surface area contributed by atoms with Crippen molar-refractivity contribution in [1.82, 2.24) is 4.31 Å². The maximum absolute atomic E-state index is 13.1. The molecule has 0 unspecified atom stereocenters. The third-order valence-corrected chi connectivity index (χ3v) is 7.34. The van der Waals surface area contributed by atoms with E-state index in [0.717, 1.165) is 25.7 Å². The van der Waals surface area contributed by atoms with Crippen molar-refractivity contribution >= 4 is 21.6 Å². The van der Waals surface area contributed by atoms with Gasteiger partial charge in [-0.2, -0.15) is 4.31 Å². The van der Waals surface area contributed by atoms with Crippen LogP contribution in [0.15, 0.2) is 47.4 Å². The van der Waals surface area contributed by atoms with Crippen LogP contribution in [0.2, 0.25) is 0 Å². The standard InChI is InChI=1S/C22H28N2O5S/c1-4-18-7-5-6-12-24(18)30(26,27)21-10-8-17(9-11-21)23-22(25)16-13-19(28-2)15-20(14-16)29-3/h8-11,13-15,18H,4-7,12H2,1-3H3,(H,23,25)/t18-/m0/s1.